The second kappa shape index (κ2) is 2.39. The van der Waals surface area contributed by atoms with Crippen LogP contribution in [-0.4, -0.2) is 12.1 Å². The van der Waals surface area contributed by atoms with Crippen molar-refractivity contribution in [2.45, 2.75) is 38.3 Å². The molecule has 1 unspecified atom stereocenters. The summed E-state index contributed by atoms with van der Waals surface area (Å²) in [5.41, 5.74) is 0. The average Bonchev–Trinajstić information content (AvgIpc) is 2.30. The lowest BCUT2D eigenvalue weighted by atomic mass is 9.90. The molecule has 2 aliphatic heterocycles. The molecule has 0 amide bonds. The smallest absolute Gasteiger partial charge is 0.0258 e. The van der Waals surface area contributed by atoms with Crippen LogP contribution in [0.25, 0.3) is 0 Å². The third-order valence-corrected chi connectivity index (χ3v) is 2.76. The van der Waals surface area contributed by atoms with Crippen LogP contribution >= 0.6 is 0 Å². The van der Waals surface area contributed by atoms with Gasteiger partial charge >= 0.3 is 0 Å². The molecule has 0 spiro atoms. The Morgan fingerprint density at radius 3 is 2.40 bits per heavy atom. The van der Waals surface area contributed by atoms with Gasteiger partial charge in [0.2, 0.25) is 0 Å². The summed E-state index contributed by atoms with van der Waals surface area (Å²) in [6, 6.07) is 1.42. The standard InChI is InChI=1S/C9H15N/c1-2-7-5-8-3-4-9(6-7)10-8/h3-4,7-10H,2,5-6H2,1H3/t7?,8-,9+. The van der Waals surface area contributed by atoms with Crippen molar-refractivity contribution >= 4 is 0 Å². The lowest BCUT2D eigenvalue weighted by Crippen LogP contribution is -2.38. The SMILES string of the molecule is CCC1C[C@H]2C=C[C@@H](C1)N2. The fraction of sp³-hybridized carbons (Fsp3) is 0.778. The van der Waals surface area contributed by atoms with Gasteiger partial charge in [-0.3, -0.25) is 0 Å². The molecule has 1 heteroatoms. The van der Waals surface area contributed by atoms with Gasteiger partial charge in [0.15, 0.2) is 0 Å². The van der Waals surface area contributed by atoms with E-state index >= 15 is 0 Å². The molecule has 2 bridgehead atoms. The van der Waals surface area contributed by atoms with Crippen molar-refractivity contribution in [1.82, 2.24) is 5.32 Å². The van der Waals surface area contributed by atoms with E-state index < -0.39 is 0 Å². The van der Waals surface area contributed by atoms with Gasteiger partial charge in [-0.1, -0.05) is 25.5 Å². The number of piperidine rings is 1. The summed E-state index contributed by atoms with van der Waals surface area (Å²) >= 11 is 0. The van der Waals surface area contributed by atoms with Crippen LogP contribution in [0.3, 0.4) is 0 Å². The molecule has 56 valence electrons. The maximum atomic E-state index is 3.54. The first kappa shape index (κ1) is 6.41. The van der Waals surface area contributed by atoms with E-state index in [9.17, 15) is 0 Å². The molecule has 1 fully saturated rings. The molecule has 0 aromatic heterocycles. The molecule has 2 heterocycles. The van der Waals surface area contributed by atoms with Crippen molar-refractivity contribution < 1.29 is 0 Å². The van der Waals surface area contributed by atoms with Gasteiger partial charge in [0, 0.05) is 12.1 Å². The fourth-order valence-electron chi connectivity index (χ4n) is 2.10. The third-order valence-electron chi connectivity index (χ3n) is 2.76. The summed E-state index contributed by atoms with van der Waals surface area (Å²) in [7, 11) is 0. The number of rotatable bonds is 1. The largest absolute Gasteiger partial charge is 0.304 e. The van der Waals surface area contributed by atoms with Gasteiger partial charge in [-0.2, -0.15) is 0 Å². The van der Waals surface area contributed by atoms with E-state index in [-0.39, 0.29) is 0 Å². The van der Waals surface area contributed by atoms with Crippen molar-refractivity contribution in [3.63, 3.8) is 0 Å². The number of hydrogen-bond acceptors (Lipinski definition) is 1. The number of nitrogens with one attached hydrogen (secondary N) is 1. The Balaban J connectivity index is 2.01. The van der Waals surface area contributed by atoms with Gasteiger partial charge in [0.25, 0.3) is 0 Å². The molecule has 0 aromatic rings. The summed E-state index contributed by atoms with van der Waals surface area (Å²) in [5, 5.41) is 3.54. The van der Waals surface area contributed by atoms with E-state index in [1.165, 1.54) is 19.3 Å². The Morgan fingerprint density at radius 1 is 1.30 bits per heavy atom. The first-order valence-corrected chi connectivity index (χ1v) is 4.33. The quantitative estimate of drug-likeness (QED) is 0.542. The monoisotopic (exact) mass is 137 g/mol. The normalized spacial score (nSPS) is 44.3. The van der Waals surface area contributed by atoms with Crippen LogP contribution < -0.4 is 5.32 Å². The van der Waals surface area contributed by atoms with Crippen LogP contribution in [0.4, 0.5) is 0 Å². The van der Waals surface area contributed by atoms with Gasteiger partial charge in [0.1, 0.15) is 0 Å². The van der Waals surface area contributed by atoms with Crippen LogP contribution in [0, 0.1) is 5.92 Å². The maximum absolute atomic E-state index is 3.54. The van der Waals surface area contributed by atoms with Crippen molar-refractivity contribution in [2.24, 2.45) is 5.92 Å². The summed E-state index contributed by atoms with van der Waals surface area (Å²) in [6.07, 6.45) is 8.75. The summed E-state index contributed by atoms with van der Waals surface area (Å²) in [6.45, 7) is 2.30. The number of fused-ring (bicyclic) bond motifs is 2. The zero-order valence-corrected chi connectivity index (χ0v) is 6.51. The highest BCUT2D eigenvalue weighted by Crippen LogP contribution is 2.27. The minimum absolute atomic E-state index is 0.712. The molecule has 10 heavy (non-hydrogen) atoms. The third kappa shape index (κ3) is 0.988. The summed E-state index contributed by atoms with van der Waals surface area (Å²) < 4.78 is 0. The highest BCUT2D eigenvalue weighted by Gasteiger charge is 2.27. The van der Waals surface area contributed by atoms with Gasteiger partial charge in [-0.15, -0.1) is 0 Å². The van der Waals surface area contributed by atoms with Crippen LogP contribution in [0.1, 0.15) is 26.2 Å². The predicted octanol–water partition coefficient (Wildman–Crippen LogP) is 1.70. The topological polar surface area (TPSA) is 12.0 Å². The molecular formula is C9H15N. The zero-order valence-electron chi connectivity index (χ0n) is 6.51. The van der Waals surface area contributed by atoms with Crippen LogP contribution in [-0.2, 0) is 0 Å². The molecule has 3 atom stereocenters. The Bertz CT molecular complexity index is 137. The second-order valence-corrected chi connectivity index (χ2v) is 3.51. The Labute approximate surface area is 62.5 Å². The van der Waals surface area contributed by atoms with E-state index in [0.29, 0.717) is 12.1 Å². The van der Waals surface area contributed by atoms with Gasteiger partial charge in [0.05, 0.1) is 0 Å². The molecule has 0 aromatic carbocycles. The molecule has 0 saturated carbocycles. The first-order valence-electron chi connectivity index (χ1n) is 4.33. The Hall–Kier alpha value is -0.300. The molecule has 0 aliphatic carbocycles. The molecule has 1 N–H and O–H groups in total. The molecule has 1 saturated heterocycles. The van der Waals surface area contributed by atoms with E-state index in [2.05, 4.69) is 24.4 Å². The highest BCUT2D eigenvalue weighted by atomic mass is 15.0. The second-order valence-electron chi connectivity index (χ2n) is 3.51. The summed E-state index contributed by atoms with van der Waals surface area (Å²) in [4.78, 5) is 0. The average molecular weight is 137 g/mol. The van der Waals surface area contributed by atoms with E-state index in [1.807, 2.05) is 0 Å². The zero-order chi connectivity index (χ0) is 6.97. The van der Waals surface area contributed by atoms with Crippen molar-refractivity contribution in [3.8, 4) is 0 Å². The molecule has 2 aliphatic rings. The molecule has 1 nitrogen and oxygen atoms in total. The first-order chi connectivity index (χ1) is 4.88. The summed E-state index contributed by atoms with van der Waals surface area (Å²) in [5.74, 6) is 0.978. The van der Waals surface area contributed by atoms with Crippen LogP contribution in [0.15, 0.2) is 12.2 Å². The van der Waals surface area contributed by atoms with Gasteiger partial charge < -0.3 is 5.32 Å². The van der Waals surface area contributed by atoms with E-state index in [1.54, 1.807) is 0 Å². The maximum Gasteiger partial charge on any atom is 0.0258 e. The predicted molar refractivity (Wildman–Crippen MR) is 42.9 cm³/mol. The number of hydrogen-bond donors (Lipinski definition) is 1. The van der Waals surface area contributed by atoms with E-state index in [0.717, 1.165) is 5.92 Å². The lowest BCUT2D eigenvalue weighted by Gasteiger charge is -2.28. The fourth-order valence-corrected chi connectivity index (χ4v) is 2.10. The van der Waals surface area contributed by atoms with Gasteiger partial charge in [-0.25, -0.2) is 0 Å². The highest BCUT2D eigenvalue weighted by molar-refractivity contribution is 5.12. The van der Waals surface area contributed by atoms with E-state index in [4.69, 9.17) is 0 Å². The lowest BCUT2D eigenvalue weighted by molar-refractivity contribution is 0.307. The Kier molecular flexibility index (Phi) is 1.53. The van der Waals surface area contributed by atoms with Gasteiger partial charge in [-0.05, 0) is 18.8 Å². The molecule has 2 rings (SSSR count). The van der Waals surface area contributed by atoms with Crippen LogP contribution in [0.5, 0.6) is 0 Å². The minimum Gasteiger partial charge on any atom is -0.304 e. The Morgan fingerprint density at radius 2 is 1.90 bits per heavy atom. The van der Waals surface area contributed by atoms with Crippen molar-refractivity contribution in [3.05, 3.63) is 12.2 Å². The van der Waals surface area contributed by atoms with Crippen molar-refractivity contribution in [2.75, 3.05) is 0 Å². The minimum atomic E-state index is 0.712. The van der Waals surface area contributed by atoms with Crippen LogP contribution in [0.2, 0.25) is 0 Å². The molecule has 0 radical (unpaired) electrons. The van der Waals surface area contributed by atoms with Crippen molar-refractivity contribution in [1.29, 1.82) is 0 Å². The molecular weight excluding hydrogens is 122 g/mol.